The third-order valence-electron chi connectivity index (χ3n) is 2.28. The van der Waals surface area contributed by atoms with Gasteiger partial charge in [0, 0.05) is 16.7 Å². The van der Waals surface area contributed by atoms with E-state index in [0.717, 1.165) is 0 Å². The van der Waals surface area contributed by atoms with Crippen molar-refractivity contribution in [2.24, 2.45) is 10.9 Å². The number of hydrogen-bond donors (Lipinski definition) is 2. The Kier molecular flexibility index (Phi) is 4.28. The van der Waals surface area contributed by atoms with Gasteiger partial charge in [-0.25, -0.2) is 4.98 Å². The lowest BCUT2D eigenvalue weighted by Crippen LogP contribution is -2.15. The Hall–Kier alpha value is -2.75. The summed E-state index contributed by atoms with van der Waals surface area (Å²) in [7, 11) is 0. The molecule has 1 heterocycles. The molecule has 1 aromatic heterocycles. The van der Waals surface area contributed by atoms with Crippen LogP contribution in [0, 0.1) is 10.1 Å². The van der Waals surface area contributed by atoms with Gasteiger partial charge < -0.3 is 15.7 Å². The average Bonchev–Trinajstić information content (AvgIpc) is 2.46. The summed E-state index contributed by atoms with van der Waals surface area (Å²) in [5, 5.41) is 22.2. The second-order valence-corrected chi connectivity index (χ2v) is 4.63. The fourth-order valence-corrected chi connectivity index (χ4v) is 1.86. The summed E-state index contributed by atoms with van der Waals surface area (Å²) in [4.78, 5) is 18.0. The van der Waals surface area contributed by atoms with Gasteiger partial charge in [-0.3, -0.25) is 10.1 Å². The Morgan fingerprint density at radius 3 is 2.90 bits per heavy atom. The molecule has 0 bridgehead atoms. The highest BCUT2D eigenvalue weighted by Gasteiger charge is 2.12. The first kappa shape index (κ1) is 14.7. The molecule has 0 spiro atoms. The van der Waals surface area contributed by atoms with Crippen molar-refractivity contribution in [2.75, 3.05) is 0 Å². The molecule has 108 valence electrons. The quantitative estimate of drug-likeness (QED) is 0.282. The molecule has 2 aromatic rings. The van der Waals surface area contributed by atoms with Crippen LogP contribution in [-0.2, 0) is 0 Å². The second-order valence-electron chi connectivity index (χ2n) is 3.71. The SMILES string of the molecule is N/C(=N/O)c1ccnc(Oc2cc(Br)cc([N+](=O)[O-])c2)n1. The fraction of sp³-hybridized carbons (Fsp3) is 0. The van der Waals surface area contributed by atoms with E-state index < -0.39 is 4.92 Å². The van der Waals surface area contributed by atoms with Gasteiger partial charge >= 0.3 is 6.01 Å². The zero-order chi connectivity index (χ0) is 15.4. The third-order valence-corrected chi connectivity index (χ3v) is 2.74. The number of aromatic nitrogens is 2. The Morgan fingerprint density at radius 1 is 1.48 bits per heavy atom. The van der Waals surface area contributed by atoms with E-state index >= 15 is 0 Å². The largest absolute Gasteiger partial charge is 0.424 e. The van der Waals surface area contributed by atoms with Gasteiger partial charge in [-0.05, 0) is 12.1 Å². The summed E-state index contributed by atoms with van der Waals surface area (Å²) >= 11 is 3.15. The van der Waals surface area contributed by atoms with Gasteiger partial charge in [0.15, 0.2) is 5.84 Å². The summed E-state index contributed by atoms with van der Waals surface area (Å²) in [6, 6.07) is 5.41. The summed E-state index contributed by atoms with van der Waals surface area (Å²) in [5.74, 6) is -0.0322. The molecule has 0 unspecified atom stereocenters. The molecular formula is C11H8BrN5O4. The predicted octanol–water partition coefficient (Wildman–Crippen LogP) is 2.03. The van der Waals surface area contributed by atoms with Crippen molar-refractivity contribution in [3.05, 3.63) is 50.7 Å². The van der Waals surface area contributed by atoms with Crippen LogP contribution in [0.1, 0.15) is 5.69 Å². The number of amidine groups is 1. The van der Waals surface area contributed by atoms with Crippen molar-refractivity contribution in [3.63, 3.8) is 0 Å². The van der Waals surface area contributed by atoms with Crippen LogP contribution >= 0.6 is 15.9 Å². The molecule has 0 fully saturated rings. The highest BCUT2D eigenvalue weighted by molar-refractivity contribution is 9.10. The van der Waals surface area contributed by atoms with Crippen LogP contribution in [0.5, 0.6) is 11.8 Å². The van der Waals surface area contributed by atoms with Crippen LogP contribution in [-0.4, -0.2) is 25.9 Å². The molecule has 0 aliphatic carbocycles. The van der Waals surface area contributed by atoms with Crippen LogP contribution in [0.4, 0.5) is 5.69 Å². The number of ether oxygens (including phenoxy) is 1. The summed E-state index contributed by atoms with van der Waals surface area (Å²) in [6.45, 7) is 0. The molecule has 2 rings (SSSR count). The minimum Gasteiger partial charge on any atom is -0.424 e. The van der Waals surface area contributed by atoms with Gasteiger partial charge in [0.2, 0.25) is 0 Å². The summed E-state index contributed by atoms with van der Waals surface area (Å²) < 4.78 is 5.81. The maximum absolute atomic E-state index is 10.8. The number of benzene rings is 1. The van der Waals surface area contributed by atoms with Crippen molar-refractivity contribution in [1.82, 2.24) is 9.97 Å². The monoisotopic (exact) mass is 353 g/mol. The Balaban J connectivity index is 2.32. The molecule has 1 aromatic carbocycles. The second kappa shape index (κ2) is 6.13. The van der Waals surface area contributed by atoms with E-state index in [-0.39, 0.29) is 29.0 Å². The van der Waals surface area contributed by atoms with E-state index in [9.17, 15) is 10.1 Å². The number of nitro benzene ring substituents is 1. The van der Waals surface area contributed by atoms with E-state index in [4.69, 9.17) is 15.7 Å². The zero-order valence-electron chi connectivity index (χ0n) is 10.3. The highest BCUT2D eigenvalue weighted by atomic mass is 79.9. The summed E-state index contributed by atoms with van der Waals surface area (Å²) in [6.07, 6.45) is 1.35. The molecular weight excluding hydrogens is 346 g/mol. The first-order valence-corrected chi connectivity index (χ1v) is 6.22. The first-order valence-electron chi connectivity index (χ1n) is 5.43. The van der Waals surface area contributed by atoms with Gasteiger partial charge in [0.1, 0.15) is 11.4 Å². The van der Waals surface area contributed by atoms with Gasteiger partial charge in [-0.1, -0.05) is 21.1 Å². The standard InChI is InChI=1S/C11H8BrN5O4/c12-6-3-7(17(19)20)5-8(4-6)21-11-14-2-1-9(15-11)10(13)16-18/h1-5,18H,(H2,13,16). The first-order chi connectivity index (χ1) is 9.99. The van der Waals surface area contributed by atoms with Crippen LogP contribution < -0.4 is 10.5 Å². The van der Waals surface area contributed by atoms with E-state index in [1.807, 2.05) is 0 Å². The van der Waals surface area contributed by atoms with Crippen LogP contribution in [0.2, 0.25) is 0 Å². The molecule has 0 aliphatic heterocycles. The van der Waals surface area contributed by atoms with Crippen LogP contribution in [0.25, 0.3) is 0 Å². The predicted molar refractivity (Wildman–Crippen MR) is 75.4 cm³/mol. The molecule has 0 saturated carbocycles. The number of hydrogen-bond acceptors (Lipinski definition) is 7. The van der Waals surface area contributed by atoms with E-state index in [1.54, 1.807) is 0 Å². The minimum atomic E-state index is -0.550. The lowest BCUT2D eigenvalue weighted by molar-refractivity contribution is -0.385. The van der Waals surface area contributed by atoms with Gasteiger partial charge in [0.25, 0.3) is 5.69 Å². The van der Waals surface area contributed by atoms with Gasteiger partial charge in [0.05, 0.1) is 11.0 Å². The number of nitro groups is 1. The van der Waals surface area contributed by atoms with Crippen molar-refractivity contribution >= 4 is 27.5 Å². The molecule has 0 radical (unpaired) electrons. The van der Waals surface area contributed by atoms with Crippen LogP contribution in [0.3, 0.4) is 0 Å². The Morgan fingerprint density at radius 2 is 2.24 bits per heavy atom. The fourth-order valence-electron chi connectivity index (χ4n) is 1.40. The average molecular weight is 354 g/mol. The Bertz CT molecular complexity index is 722. The smallest absolute Gasteiger partial charge is 0.322 e. The molecule has 9 nitrogen and oxygen atoms in total. The number of halogens is 1. The van der Waals surface area contributed by atoms with E-state index in [2.05, 4.69) is 31.1 Å². The molecule has 0 aliphatic rings. The van der Waals surface area contributed by atoms with Gasteiger partial charge in [-0.15, -0.1) is 0 Å². The van der Waals surface area contributed by atoms with E-state index in [0.29, 0.717) is 4.47 Å². The maximum atomic E-state index is 10.8. The van der Waals surface area contributed by atoms with Crippen molar-refractivity contribution < 1.29 is 14.9 Å². The molecule has 0 atom stereocenters. The third kappa shape index (κ3) is 3.63. The number of oxime groups is 1. The van der Waals surface area contributed by atoms with Crippen molar-refractivity contribution in [2.45, 2.75) is 0 Å². The molecule has 0 saturated heterocycles. The normalized spacial score (nSPS) is 11.2. The molecule has 21 heavy (non-hydrogen) atoms. The van der Waals surface area contributed by atoms with E-state index in [1.165, 1.54) is 30.5 Å². The number of rotatable bonds is 4. The topological polar surface area (TPSA) is 137 Å². The lowest BCUT2D eigenvalue weighted by atomic mass is 10.3. The van der Waals surface area contributed by atoms with Crippen molar-refractivity contribution in [1.29, 1.82) is 0 Å². The number of non-ortho nitro benzene ring substituents is 1. The number of nitrogens with zero attached hydrogens (tertiary/aromatic N) is 4. The van der Waals surface area contributed by atoms with Crippen molar-refractivity contribution in [3.8, 4) is 11.8 Å². The lowest BCUT2D eigenvalue weighted by Gasteiger charge is -2.05. The van der Waals surface area contributed by atoms with Gasteiger partial charge in [-0.2, -0.15) is 4.98 Å². The molecule has 0 amide bonds. The summed E-state index contributed by atoms with van der Waals surface area (Å²) in [5.41, 5.74) is 5.41. The number of nitrogens with two attached hydrogens (primary N) is 1. The zero-order valence-corrected chi connectivity index (χ0v) is 11.9. The molecule has 10 heteroatoms. The molecule has 3 N–H and O–H groups in total. The minimum absolute atomic E-state index is 0.0912. The highest BCUT2D eigenvalue weighted by Crippen LogP contribution is 2.28. The van der Waals surface area contributed by atoms with Crippen LogP contribution in [0.15, 0.2) is 40.1 Å². The maximum Gasteiger partial charge on any atom is 0.322 e. The Labute approximate surface area is 126 Å².